The van der Waals surface area contributed by atoms with Gasteiger partial charge < -0.3 is 4.57 Å². The van der Waals surface area contributed by atoms with Crippen molar-refractivity contribution in [1.82, 2.24) is 9.55 Å². The zero-order valence-electron chi connectivity index (χ0n) is 11.7. The molecule has 1 aromatic heterocycles. The molecule has 0 radical (unpaired) electrons. The van der Waals surface area contributed by atoms with Crippen LogP contribution in [0.1, 0.15) is 39.1 Å². The average molecular weight is 299 g/mol. The second-order valence-corrected chi connectivity index (χ2v) is 6.26. The first-order chi connectivity index (χ1) is 9.02. The third-order valence-electron chi connectivity index (χ3n) is 3.30. The van der Waals surface area contributed by atoms with E-state index in [0.29, 0.717) is 17.8 Å². The summed E-state index contributed by atoms with van der Waals surface area (Å²) in [5, 5.41) is 0.728. The minimum absolute atomic E-state index is 0.421. The highest BCUT2D eigenvalue weighted by atomic mass is 35.5. The molecular formula is C15H20Cl2N2. The van der Waals surface area contributed by atoms with Crippen LogP contribution in [-0.2, 0) is 6.42 Å². The third-order valence-corrected chi connectivity index (χ3v) is 3.72. The Balaban J connectivity index is 2.51. The van der Waals surface area contributed by atoms with Gasteiger partial charge in [0.25, 0.3) is 0 Å². The Hall–Kier alpha value is -0.730. The van der Waals surface area contributed by atoms with Crippen molar-refractivity contribution < 1.29 is 0 Å². The summed E-state index contributed by atoms with van der Waals surface area (Å²) in [7, 11) is 0. The van der Waals surface area contributed by atoms with Crippen LogP contribution < -0.4 is 0 Å². The number of hydrogen-bond acceptors (Lipinski definition) is 1. The molecule has 0 saturated heterocycles. The number of aromatic nitrogens is 2. The van der Waals surface area contributed by atoms with Gasteiger partial charge in [0.05, 0.1) is 11.0 Å². The highest BCUT2D eigenvalue weighted by molar-refractivity contribution is 6.31. The first kappa shape index (κ1) is 14.7. The molecule has 0 fully saturated rings. The molecule has 1 heterocycles. The topological polar surface area (TPSA) is 17.8 Å². The molecule has 19 heavy (non-hydrogen) atoms. The SMILES string of the molecule is CC(C)CC(C)n1c(CCCl)nc2cc(Cl)ccc21. The minimum Gasteiger partial charge on any atom is -0.325 e. The van der Waals surface area contributed by atoms with Crippen LogP contribution in [0.2, 0.25) is 5.02 Å². The summed E-state index contributed by atoms with van der Waals surface area (Å²) in [5.41, 5.74) is 2.11. The summed E-state index contributed by atoms with van der Waals surface area (Å²) in [6.07, 6.45) is 1.92. The first-order valence-corrected chi connectivity index (χ1v) is 7.66. The predicted molar refractivity (Wildman–Crippen MR) is 83.3 cm³/mol. The van der Waals surface area contributed by atoms with Gasteiger partial charge in [-0.1, -0.05) is 25.4 Å². The molecule has 0 spiro atoms. The lowest BCUT2D eigenvalue weighted by Crippen LogP contribution is -2.12. The van der Waals surface area contributed by atoms with Gasteiger partial charge in [-0.2, -0.15) is 0 Å². The van der Waals surface area contributed by atoms with E-state index in [1.54, 1.807) is 0 Å². The lowest BCUT2D eigenvalue weighted by atomic mass is 10.0. The summed E-state index contributed by atoms with van der Waals surface area (Å²) in [6.45, 7) is 6.73. The Bertz CT molecular complexity index is 561. The lowest BCUT2D eigenvalue weighted by Gasteiger charge is -2.19. The Kier molecular flexibility index (Phi) is 4.75. The van der Waals surface area contributed by atoms with Gasteiger partial charge in [-0.25, -0.2) is 4.98 Å². The van der Waals surface area contributed by atoms with Crippen LogP contribution in [0.25, 0.3) is 11.0 Å². The van der Waals surface area contributed by atoms with Crippen molar-refractivity contribution in [3.05, 3.63) is 29.0 Å². The molecule has 0 saturated carbocycles. The zero-order chi connectivity index (χ0) is 14.0. The highest BCUT2D eigenvalue weighted by Crippen LogP contribution is 2.27. The fourth-order valence-electron chi connectivity index (χ4n) is 2.66. The van der Waals surface area contributed by atoms with Crippen LogP contribution in [0.4, 0.5) is 0 Å². The van der Waals surface area contributed by atoms with Crippen LogP contribution >= 0.6 is 23.2 Å². The normalized spacial score (nSPS) is 13.4. The molecule has 2 rings (SSSR count). The summed E-state index contributed by atoms with van der Waals surface area (Å²) < 4.78 is 2.31. The number of nitrogens with zero attached hydrogens (tertiary/aromatic N) is 2. The van der Waals surface area contributed by atoms with E-state index >= 15 is 0 Å². The van der Waals surface area contributed by atoms with E-state index in [4.69, 9.17) is 23.2 Å². The van der Waals surface area contributed by atoms with E-state index in [1.807, 2.05) is 12.1 Å². The van der Waals surface area contributed by atoms with Crippen molar-refractivity contribution in [3.8, 4) is 0 Å². The summed E-state index contributed by atoms with van der Waals surface area (Å²) in [5.74, 6) is 2.30. The molecule has 4 heteroatoms. The predicted octanol–water partition coefficient (Wildman–Crippen LogP) is 5.08. The smallest absolute Gasteiger partial charge is 0.111 e. The van der Waals surface area contributed by atoms with Gasteiger partial charge in [-0.3, -0.25) is 0 Å². The van der Waals surface area contributed by atoms with Gasteiger partial charge in [0.15, 0.2) is 0 Å². The number of halogens is 2. The Morgan fingerprint density at radius 1 is 1.26 bits per heavy atom. The minimum atomic E-state index is 0.421. The third kappa shape index (κ3) is 3.24. The van der Waals surface area contributed by atoms with E-state index in [2.05, 4.69) is 36.4 Å². The standard InChI is InChI=1S/C15H20Cl2N2/c1-10(2)8-11(3)19-14-5-4-12(17)9-13(14)18-15(19)6-7-16/h4-5,9-11H,6-8H2,1-3H3. The average Bonchev–Trinajstić information content (AvgIpc) is 2.65. The van der Waals surface area contributed by atoms with Crippen LogP contribution in [0.5, 0.6) is 0 Å². The summed E-state index contributed by atoms with van der Waals surface area (Å²) >= 11 is 11.9. The van der Waals surface area contributed by atoms with E-state index < -0.39 is 0 Å². The number of imidazole rings is 1. The Labute approximate surface area is 124 Å². The Morgan fingerprint density at radius 3 is 2.63 bits per heavy atom. The second-order valence-electron chi connectivity index (χ2n) is 5.45. The van der Waals surface area contributed by atoms with Gasteiger partial charge in [0.1, 0.15) is 5.82 Å². The maximum absolute atomic E-state index is 6.05. The molecular weight excluding hydrogens is 279 g/mol. The zero-order valence-corrected chi connectivity index (χ0v) is 13.2. The number of aryl methyl sites for hydroxylation is 1. The van der Waals surface area contributed by atoms with Crippen LogP contribution in [0.15, 0.2) is 18.2 Å². The van der Waals surface area contributed by atoms with Crippen molar-refractivity contribution in [2.45, 2.75) is 39.7 Å². The van der Waals surface area contributed by atoms with Gasteiger partial charge in [-0.15, -0.1) is 11.6 Å². The number of alkyl halides is 1. The molecule has 0 aliphatic rings. The molecule has 0 N–H and O–H groups in total. The summed E-state index contributed by atoms with van der Waals surface area (Å²) in [4.78, 5) is 4.69. The molecule has 1 atom stereocenters. The van der Waals surface area contributed by atoms with Crippen LogP contribution in [0.3, 0.4) is 0 Å². The van der Waals surface area contributed by atoms with E-state index in [0.717, 1.165) is 34.7 Å². The molecule has 0 aliphatic heterocycles. The first-order valence-electron chi connectivity index (χ1n) is 6.75. The monoisotopic (exact) mass is 298 g/mol. The largest absolute Gasteiger partial charge is 0.325 e. The molecule has 0 bridgehead atoms. The van der Waals surface area contributed by atoms with Crippen molar-refractivity contribution in [2.24, 2.45) is 5.92 Å². The maximum atomic E-state index is 6.05. The van der Waals surface area contributed by atoms with E-state index in [1.165, 1.54) is 0 Å². The van der Waals surface area contributed by atoms with Gasteiger partial charge in [0.2, 0.25) is 0 Å². The molecule has 0 amide bonds. The fourth-order valence-corrected chi connectivity index (χ4v) is 3.00. The van der Waals surface area contributed by atoms with Gasteiger partial charge in [-0.05, 0) is 37.5 Å². The molecule has 2 aromatic rings. The van der Waals surface area contributed by atoms with Crippen molar-refractivity contribution in [1.29, 1.82) is 0 Å². The molecule has 104 valence electrons. The van der Waals surface area contributed by atoms with Crippen molar-refractivity contribution >= 4 is 34.2 Å². The quantitative estimate of drug-likeness (QED) is 0.704. The second kappa shape index (κ2) is 6.15. The highest BCUT2D eigenvalue weighted by Gasteiger charge is 2.16. The fraction of sp³-hybridized carbons (Fsp3) is 0.533. The van der Waals surface area contributed by atoms with Crippen LogP contribution in [0, 0.1) is 5.92 Å². The Morgan fingerprint density at radius 2 is 2.00 bits per heavy atom. The molecule has 0 aliphatic carbocycles. The maximum Gasteiger partial charge on any atom is 0.111 e. The van der Waals surface area contributed by atoms with E-state index in [9.17, 15) is 0 Å². The lowest BCUT2D eigenvalue weighted by molar-refractivity contribution is 0.426. The number of rotatable bonds is 5. The number of hydrogen-bond donors (Lipinski definition) is 0. The number of fused-ring (bicyclic) bond motifs is 1. The van der Waals surface area contributed by atoms with Crippen LogP contribution in [-0.4, -0.2) is 15.4 Å². The molecule has 1 aromatic carbocycles. The van der Waals surface area contributed by atoms with Gasteiger partial charge >= 0.3 is 0 Å². The van der Waals surface area contributed by atoms with Crippen molar-refractivity contribution in [3.63, 3.8) is 0 Å². The molecule has 2 nitrogen and oxygen atoms in total. The summed E-state index contributed by atoms with van der Waals surface area (Å²) in [6, 6.07) is 6.32. The van der Waals surface area contributed by atoms with E-state index in [-0.39, 0.29) is 0 Å². The van der Waals surface area contributed by atoms with Gasteiger partial charge in [0, 0.05) is 23.4 Å². The molecule has 1 unspecified atom stereocenters. The van der Waals surface area contributed by atoms with Crippen molar-refractivity contribution in [2.75, 3.05) is 5.88 Å². The number of benzene rings is 1.